The van der Waals surface area contributed by atoms with Crippen molar-refractivity contribution in [2.24, 2.45) is 0 Å². The Morgan fingerprint density at radius 1 is 1.14 bits per heavy atom. The van der Waals surface area contributed by atoms with Gasteiger partial charge < -0.3 is 14.5 Å². The Morgan fingerprint density at radius 2 is 2.00 bits per heavy atom. The standard InChI is InChI=1S/C19H16BrN5O2S/c1-12-24-25-17(27-12)8-15-10-22-19(28-15)23-18-16(7-14(20)9-21-18)26-11-13-5-3-2-4-6-13/h2-7,9-10H,8,11H2,1H3,(H,21,22,23). The molecule has 28 heavy (non-hydrogen) atoms. The van der Waals surface area contributed by atoms with Crippen molar-refractivity contribution in [2.45, 2.75) is 20.0 Å². The quantitative estimate of drug-likeness (QED) is 0.421. The highest BCUT2D eigenvalue weighted by atomic mass is 79.9. The molecular formula is C19H16BrN5O2S. The van der Waals surface area contributed by atoms with E-state index in [-0.39, 0.29) is 0 Å². The summed E-state index contributed by atoms with van der Waals surface area (Å²) in [5.74, 6) is 2.37. The molecule has 0 radical (unpaired) electrons. The molecule has 0 spiro atoms. The number of aromatic nitrogens is 4. The van der Waals surface area contributed by atoms with Gasteiger partial charge in [-0.15, -0.1) is 21.5 Å². The van der Waals surface area contributed by atoms with Gasteiger partial charge in [-0.05, 0) is 27.6 Å². The number of anilines is 2. The SMILES string of the molecule is Cc1nnc(Cc2cnc(Nc3ncc(Br)cc3OCc3ccccc3)s2)o1. The van der Waals surface area contributed by atoms with Gasteiger partial charge in [0.2, 0.25) is 11.8 Å². The van der Waals surface area contributed by atoms with Crippen molar-refractivity contribution in [2.75, 3.05) is 5.32 Å². The van der Waals surface area contributed by atoms with Crippen LogP contribution in [0.1, 0.15) is 22.2 Å². The van der Waals surface area contributed by atoms with Crippen molar-refractivity contribution in [3.63, 3.8) is 0 Å². The maximum Gasteiger partial charge on any atom is 0.221 e. The van der Waals surface area contributed by atoms with Crippen molar-refractivity contribution in [1.29, 1.82) is 0 Å². The number of nitrogens with zero attached hydrogens (tertiary/aromatic N) is 4. The van der Waals surface area contributed by atoms with Crippen LogP contribution in [0.25, 0.3) is 0 Å². The minimum absolute atomic E-state index is 0.452. The first kappa shape index (κ1) is 18.6. The topological polar surface area (TPSA) is 86.0 Å². The average molecular weight is 458 g/mol. The van der Waals surface area contributed by atoms with E-state index in [4.69, 9.17) is 9.15 Å². The van der Waals surface area contributed by atoms with E-state index in [9.17, 15) is 0 Å². The van der Waals surface area contributed by atoms with E-state index in [1.165, 1.54) is 11.3 Å². The zero-order valence-electron chi connectivity index (χ0n) is 14.9. The van der Waals surface area contributed by atoms with Crippen LogP contribution in [0.4, 0.5) is 10.9 Å². The molecule has 3 heterocycles. The third-order valence-electron chi connectivity index (χ3n) is 3.73. The van der Waals surface area contributed by atoms with Crippen LogP contribution in [-0.2, 0) is 13.0 Å². The van der Waals surface area contributed by atoms with E-state index in [1.54, 1.807) is 19.3 Å². The number of hydrogen-bond donors (Lipinski definition) is 1. The van der Waals surface area contributed by atoms with E-state index in [0.717, 1.165) is 14.9 Å². The fourth-order valence-corrected chi connectivity index (χ4v) is 3.58. The summed E-state index contributed by atoms with van der Waals surface area (Å²) in [6, 6.07) is 11.9. The van der Waals surface area contributed by atoms with Crippen LogP contribution in [0.5, 0.6) is 5.75 Å². The summed E-state index contributed by atoms with van der Waals surface area (Å²) in [6.45, 7) is 2.22. The highest BCUT2D eigenvalue weighted by Crippen LogP contribution is 2.31. The lowest BCUT2D eigenvalue weighted by molar-refractivity contribution is 0.306. The van der Waals surface area contributed by atoms with Gasteiger partial charge in [0.15, 0.2) is 16.7 Å². The smallest absolute Gasteiger partial charge is 0.221 e. The molecule has 0 saturated carbocycles. The molecular weight excluding hydrogens is 442 g/mol. The molecule has 0 aliphatic carbocycles. The lowest BCUT2D eigenvalue weighted by atomic mass is 10.2. The summed E-state index contributed by atoms with van der Waals surface area (Å²) < 4.78 is 12.2. The molecule has 0 unspecified atom stereocenters. The molecule has 1 aromatic carbocycles. The molecule has 7 nitrogen and oxygen atoms in total. The molecule has 0 amide bonds. The van der Waals surface area contributed by atoms with E-state index < -0.39 is 0 Å². The number of halogens is 1. The molecule has 0 atom stereocenters. The van der Waals surface area contributed by atoms with Crippen LogP contribution in [0.15, 0.2) is 57.7 Å². The molecule has 1 N–H and O–H groups in total. The number of thiazole rings is 1. The number of benzene rings is 1. The first-order chi connectivity index (χ1) is 13.7. The molecule has 0 saturated heterocycles. The fourth-order valence-electron chi connectivity index (χ4n) is 2.47. The van der Waals surface area contributed by atoms with E-state index in [2.05, 4.69) is 41.4 Å². The minimum atomic E-state index is 0.452. The zero-order chi connectivity index (χ0) is 19.3. The van der Waals surface area contributed by atoms with E-state index in [0.29, 0.717) is 41.5 Å². The van der Waals surface area contributed by atoms with Crippen LogP contribution in [-0.4, -0.2) is 20.2 Å². The Labute approximate surface area is 174 Å². The van der Waals surface area contributed by atoms with E-state index >= 15 is 0 Å². The number of pyridine rings is 1. The molecule has 0 bridgehead atoms. The highest BCUT2D eigenvalue weighted by molar-refractivity contribution is 9.10. The number of ether oxygens (including phenoxy) is 1. The van der Waals surface area contributed by atoms with Crippen LogP contribution in [0.2, 0.25) is 0 Å². The number of rotatable bonds is 7. The maximum absolute atomic E-state index is 5.97. The van der Waals surface area contributed by atoms with Crippen LogP contribution < -0.4 is 10.1 Å². The maximum atomic E-state index is 5.97. The monoisotopic (exact) mass is 457 g/mol. The van der Waals surface area contributed by atoms with Gasteiger partial charge in [-0.3, -0.25) is 0 Å². The molecule has 3 aromatic heterocycles. The van der Waals surface area contributed by atoms with Crippen molar-refractivity contribution in [1.82, 2.24) is 20.2 Å². The van der Waals surface area contributed by atoms with Gasteiger partial charge in [0.05, 0.1) is 6.42 Å². The molecule has 4 rings (SSSR count). The van der Waals surface area contributed by atoms with Crippen LogP contribution in [0.3, 0.4) is 0 Å². The van der Waals surface area contributed by atoms with Crippen molar-refractivity contribution >= 4 is 38.2 Å². The Hall–Kier alpha value is -2.78. The predicted molar refractivity (Wildman–Crippen MR) is 110 cm³/mol. The van der Waals surface area contributed by atoms with Gasteiger partial charge in [0.1, 0.15) is 6.61 Å². The van der Waals surface area contributed by atoms with Gasteiger partial charge in [0, 0.05) is 28.7 Å². The van der Waals surface area contributed by atoms with Gasteiger partial charge in [0.25, 0.3) is 0 Å². The molecule has 9 heteroatoms. The van der Waals surface area contributed by atoms with Gasteiger partial charge in [-0.1, -0.05) is 30.3 Å². The van der Waals surface area contributed by atoms with Gasteiger partial charge in [-0.2, -0.15) is 0 Å². The summed E-state index contributed by atoms with van der Waals surface area (Å²) >= 11 is 4.95. The lowest BCUT2D eigenvalue weighted by Crippen LogP contribution is -2.01. The first-order valence-electron chi connectivity index (χ1n) is 8.49. The number of hydrogen-bond acceptors (Lipinski definition) is 8. The highest BCUT2D eigenvalue weighted by Gasteiger charge is 2.12. The normalized spacial score (nSPS) is 10.8. The van der Waals surface area contributed by atoms with E-state index in [1.807, 2.05) is 36.4 Å². The summed E-state index contributed by atoms with van der Waals surface area (Å²) in [6.07, 6.45) is 4.05. The number of nitrogens with one attached hydrogen (secondary N) is 1. The zero-order valence-corrected chi connectivity index (χ0v) is 17.3. The molecule has 0 aliphatic heterocycles. The Morgan fingerprint density at radius 3 is 2.79 bits per heavy atom. The molecule has 142 valence electrons. The first-order valence-corrected chi connectivity index (χ1v) is 10.1. The summed E-state index contributed by atoms with van der Waals surface area (Å²) in [5.41, 5.74) is 1.08. The lowest BCUT2D eigenvalue weighted by Gasteiger charge is -2.11. The second-order valence-electron chi connectivity index (χ2n) is 5.92. The van der Waals surface area contributed by atoms with Crippen LogP contribution >= 0.6 is 27.3 Å². The second kappa shape index (κ2) is 8.49. The average Bonchev–Trinajstić information content (AvgIpc) is 3.31. The molecule has 4 aromatic rings. The Balaban J connectivity index is 1.47. The van der Waals surface area contributed by atoms with Gasteiger partial charge in [-0.25, -0.2) is 9.97 Å². The molecule has 0 fully saturated rings. The molecule has 0 aliphatic rings. The fraction of sp³-hybridized carbons (Fsp3) is 0.158. The Kier molecular flexibility index (Phi) is 5.63. The minimum Gasteiger partial charge on any atom is -0.485 e. The largest absolute Gasteiger partial charge is 0.485 e. The Bertz CT molecular complexity index is 1070. The van der Waals surface area contributed by atoms with Crippen molar-refractivity contribution in [3.05, 3.63) is 75.5 Å². The summed E-state index contributed by atoms with van der Waals surface area (Å²) in [7, 11) is 0. The number of aryl methyl sites for hydroxylation is 1. The summed E-state index contributed by atoms with van der Waals surface area (Å²) in [4.78, 5) is 9.84. The third kappa shape index (κ3) is 4.73. The van der Waals surface area contributed by atoms with Gasteiger partial charge >= 0.3 is 0 Å². The second-order valence-corrected chi connectivity index (χ2v) is 7.95. The summed E-state index contributed by atoms with van der Waals surface area (Å²) in [5, 5.41) is 11.8. The third-order valence-corrected chi connectivity index (χ3v) is 5.08. The predicted octanol–water partition coefficient (Wildman–Crippen LogP) is 4.91. The van der Waals surface area contributed by atoms with Crippen LogP contribution in [0, 0.1) is 6.92 Å². The van der Waals surface area contributed by atoms with Crippen molar-refractivity contribution in [3.8, 4) is 5.75 Å². The van der Waals surface area contributed by atoms with Crippen molar-refractivity contribution < 1.29 is 9.15 Å².